The number of unbranched alkanes of at least 4 members (excludes halogenated alkanes) is 1. The smallest absolute Gasteiger partial charge is 0.315 e. The lowest BCUT2D eigenvalue weighted by molar-refractivity contribution is -0.141. The van der Waals surface area contributed by atoms with E-state index in [2.05, 4.69) is 15.4 Å². The van der Waals surface area contributed by atoms with Gasteiger partial charge in [-0.2, -0.15) is 0 Å². The van der Waals surface area contributed by atoms with Crippen LogP contribution < -0.4 is 15.4 Å². The number of ether oxygens (including phenoxy) is 3. The molecule has 2 amide bonds. The van der Waals surface area contributed by atoms with Crippen molar-refractivity contribution in [1.82, 2.24) is 10.6 Å². The van der Waals surface area contributed by atoms with Gasteiger partial charge in [-0.05, 0) is 30.5 Å². The van der Waals surface area contributed by atoms with E-state index in [0.29, 0.717) is 31.6 Å². The van der Waals surface area contributed by atoms with Crippen LogP contribution >= 0.6 is 0 Å². The molecule has 8 nitrogen and oxygen atoms in total. The lowest BCUT2D eigenvalue weighted by atomic mass is 10.0. The van der Waals surface area contributed by atoms with Crippen molar-refractivity contribution in [3.8, 4) is 5.75 Å². The minimum atomic E-state index is -0.525. The van der Waals surface area contributed by atoms with Gasteiger partial charge in [-0.15, -0.1) is 0 Å². The Morgan fingerprint density at radius 2 is 1.62 bits per heavy atom. The second-order valence-corrected chi connectivity index (χ2v) is 5.54. The number of carbonyl (C=O) groups excluding carboxylic acids is 3. The Morgan fingerprint density at radius 3 is 2.19 bits per heavy atom. The first kappa shape index (κ1) is 21.3. The van der Waals surface area contributed by atoms with Crippen molar-refractivity contribution in [2.24, 2.45) is 0 Å². The Kier molecular flexibility index (Phi) is 9.59. The van der Waals surface area contributed by atoms with Gasteiger partial charge < -0.3 is 24.8 Å². The molecule has 26 heavy (non-hydrogen) atoms. The first-order valence-electron chi connectivity index (χ1n) is 8.32. The van der Waals surface area contributed by atoms with Crippen LogP contribution in [0.15, 0.2) is 24.3 Å². The predicted molar refractivity (Wildman–Crippen MR) is 94.8 cm³/mol. The Labute approximate surface area is 153 Å². The zero-order chi connectivity index (χ0) is 19.4. The third-order valence-corrected chi connectivity index (χ3v) is 3.74. The third kappa shape index (κ3) is 7.87. The molecular weight excluding hydrogens is 340 g/mol. The molecule has 0 saturated carbocycles. The molecule has 1 unspecified atom stereocenters. The third-order valence-electron chi connectivity index (χ3n) is 3.74. The van der Waals surface area contributed by atoms with E-state index in [4.69, 9.17) is 9.47 Å². The highest BCUT2D eigenvalue weighted by molar-refractivity contribution is 5.76. The number of urea groups is 1. The number of methoxy groups -OCH3 is 3. The van der Waals surface area contributed by atoms with Crippen molar-refractivity contribution in [3.63, 3.8) is 0 Å². The van der Waals surface area contributed by atoms with Crippen molar-refractivity contribution < 1.29 is 28.6 Å². The quantitative estimate of drug-likeness (QED) is 0.485. The summed E-state index contributed by atoms with van der Waals surface area (Å²) in [6, 6.07) is 6.15. The van der Waals surface area contributed by atoms with E-state index < -0.39 is 18.0 Å². The van der Waals surface area contributed by atoms with E-state index in [1.807, 2.05) is 0 Å². The molecule has 0 aliphatic rings. The summed E-state index contributed by atoms with van der Waals surface area (Å²) >= 11 is 0. The predicted octanol–water partition coefficient (Wildman–Crippen LogP) is 1.94. The van der Waals surface area contributed by atoms with E-state index in [1.165, 1.54) is 14.2 Å². The van der Waals surface area contributed by atoms with Gasteiger partial charge in [-0.25, -0.2) is 4.79 Å². The molecule has 0 heterocycles. The highest BCUT2D eigenvalue weighted by atomic mass is 16.5. The maximum Gasteiger partial charge on any atom is 0.315 e. The summed E-state index contributed by atoms with van der Waals surface area (Å²) in [4.78, 5) is 34.7. The van der Waals surface area contributed by atoms with Crippen molar-refractivity contribution >= 4 is 18.0 Å². The Morgan fingerprint density at radius 1 is 0.962 bits per heavy atom. The second kappa shape index (κ2) is 11.7. The molecule has 1 rings (SSSR count). The first-order valence-corrected chi connectivity index (χ1v) is 8.32. The molecule has 0 radical (unpaired) electrons. The molecule has 0 saturated heterocycles. The molecule has 0 bridgehead atoms. The van der Waals surface area contributed by atoms with Crippen LogP contribution in [0.4, 0.5) is 4.79 Å². The number of carbonyl (C=O) groups is 3. The molecule has 0 aliphatic carbocycles. The van der Waals surface area contributed by atoms with Gasteiger partial charge >= 0.3 is 18.0 Å². The van der Waals surface area contributed by atoms with E-state index in [9.17, 15) is 14.4 Å². The SMILES string of the molecule is COC(=O)CCCCNC(=O)NC(CC(=O)OC)c1ccc(OC)cc1. The number of nitrogens with one attached hydrogen (secondary N) is 2. The molecule has 8 heteroatoms. The molecule has 2 N–H and O–H groups in total. The lowest BCUT2D eigenvalue weighted by Crippen LogP contribution is -2.39. The number of benzene rings is 1. The molecule has 1 atom stereocenters. The van der Waals surface area contributed by atoms with Crippen molar-refractivity contribution in [2.45, 2.75) is 31.7 Å². The second-order valence-electron chi connectivity index (χ2n) is 5.54. The van der Waals surface area contributed by atoms with E-state index >= 15 is 0 Å². The fourth-order valence-electron chi connectivity index (χ4n) is 2.25. The zero-order valence-corrected chi connectivity index (χ0v) is 15.4. The lowest BCUT2D eigenvalue weighted by Gasteiger charge is -2.19. The number of esters is 2. The maximum absolute atomic E-state index is 12.1. The Bertz CT molecular complexity index is 588. The van der Waals surface area contributed by atoms with Gasteiger partial charge in [-0.3, -0.25) is 9.59 Å². The average Bonchev–Trinajstić information content (AvgIpc) is 2.66. The molecule has 1 aromatic rings. The summed E-state index contributed by atoms with van der Waals surface area (Å²) in [6.45, 7) is 0.413. The number of amides is 2. The zero-order valence-electron chi connectivity index (χ0n) is 15.4. The van der Waals surface area contributed by atoms with Crippen LogP contribution in [0.2, 0.25) is 0 Å². The summed E-state index contributed by atoms with van der Waals surface area (Å²) in [5.74, 6) is -0.0167. The number of rotatable bonds is 10. The minimum absolute atomic E-state index is 0.0125. The van der Waals surface area contributed by atoms with Gasteiger partial charge in [0.1, 0.15) is 5.75 Å². The monoisotopic (exact) mass is 366 g/mol. The van der Waals surface area contributed by atoms with Crippen LogP contribution in [0.1, 0.15) is 37.3 Å². The molecular formula is C18H26N2O6. The van der Waals surface area contributed by atoms with Crippen LogP contribution in [0, 0.1) is 0 Å². The van der Waals surface area contributed by atoms with Crippen LogP contribution in [0.5, 0.6) is 5.75 Å². The summed E-state index contributed by atoms with van der Waals surface area (Å²) in [7, 11) is 4.20. The fourth-order valence-corrected chi connectivity index (χ4v) is 2.25. The van der Waals surface area contributed by atoms with E-state index in [-0.39, 0.29) is 12.4 Å². The van der Waals surface area contributed by atoms with Crippen LogP contribution in [0.3, 0.4) is 0 Å². The maximum atomic E-state index is 12.1. The number of hydrogen-bond acceptors (Lipinski definition) is 6. The van der Waals surface area contributed by atoms with Gasteiger partial charge in [0.25, 0.3) is 0 Å². The van der Waals surface area contributed by atoms with Gasteiger partial charge in [0.2, 0.25) is 0 Å². The van der Waals surface area contributed by atoms with Gasteiger partial charge in [0.05, 0.1) is 33.8 Å². The molecule has 0 aromatic heterocycles. The molecule has 0 spiro atoms. The fraction of sp³-hybridized carbons (Fsp3) is 0.500. The van der Waals surface area contributed by atoms with Crippen LogP contribution in [-0.4, -0.2) is 45.8 Å². The topological polar surface area (TPSA) is 103 Å². The molecule has 144 valence electrons. The van der Waals surface area contributed by atoms with Crippen molar-refractivity contribution in [3.05, 3.63) is 29.8 Å². The van der Waals surface area contributed by atoms with Gasteiger partial charge in [0, 0.05) is 13.0 Å². The van der Waals surface area contributed by atoms with E-state index in [0.717, 1.165) is 5.56 Å². The molecule has 0 aliphatic heterocycles. The van der Waals surface area contributed by atoms with Gasteiger partial charge in [-0.1, -0.05) is 12.1 Å². The highest BCUT2D eigenvalue weighted by Crippen LogP contribution is 2.20. The minimum Gasteiger partial charge on any atom is -0.497 e. The standard InChI is InChI=1S/C18H26N2O6/c1-24-14-9-7-13(8-10-14)15(12-17(22)26-3)20-18(23)19-11-5-4-6-16(21)25-2/h7-10,15H,4-6,11-12H2,1-3H3,(H2,19,20,23). The van der Waals surface area contributed by atoms with Crippen molar-refractivity contribution in [2.75, 3.05) is 27.9 Å². The summed E-state index contributed by atoms with van der Waals surface area (Å²) in [5.41, 5.74) is 0.761. The first-order chi connectivity index (χ1) is 12.5. The molecule has 0 fully saturated rings. The summed E-state index contributed by atoms with van der Waals surface area (Å²) < 4.78 is 14.4. The van der Waals surface area contributed by atoms with Crippen LogP contribution in [0.25, 0.3) is 0 Å². The summed E-state index contributed by atoms with van der Waals surface area (Å²) in [5, 5.41) is 5.47. The summed E-state index contributed by atoms with van der Waals surface area (Å²) in [6.07, 6.45) is 1.60. The number of hydrogen-bond donors (Lipinski definition) is 2. The van der Waals surface area contributed by atoms with Crippen LogP contribution in [-0.2, 0) is 19.1 Å². The molecule has 1 aromatic carbocycles. The van der Waals surface area contributed by atoms with Gasteiger partial charge in [0.15, 0.2) is 0 Å². The van der Waals surface area contributed by atoms with E-state index in [1.54, 1.807) is 31.4 Å². The highest BCUT2D eigenvalue weighted by Gasteiger charge is 2.19. The normalized spacial score (nSPS) is 11.2. The largest absolute Gasteiger partial charge is 0.497 e. The Hall–Kier alpha value is -2.77. The van der Waals surface area contributed by atoms with Crippen molar-refractivity contribution in [1.29, 1.82) is 0 Å². The average molecular weight is 366 g/mol. The Balaban J connectivity index is 2.54.